The molecule has 1 aromatic rings. The van der Waals surface area contributed by atoms with E-state index in [1.165, 1.54) is 23.9 Å². The first-order valence-electron chi connectivity index (χ1n) is 5.34. The van der Waals surface area contributed by atoms with Crippen LogP contribution in [0.3, 0.4) is 0 Å². The van der Waals surface area contributed by atoms with Crippen molar-refractivity contribution in [3.8, 4) is 0 Å². The van der Waals surface area contributed by atoms with Gasteiger partial charge in [-0.3, -0.25) is 4.79 Å². The van der Waals surface area contributed by atoms with Crippen molar-refractivity contribution in [3.05, 3.63) is 18.0 Å². The summed E-state index contributed by atoms with van der Waals surface area (Å²) in [5.74, 6) is -0.434. The zero-order valence-corrected chi connectivity index (χ0v) is 11.3. The van der Waals surface area contributed by atoms with Gasteiger partial charge < -0.3 is 15.0 Å². The van der Waals surface area contributed by atoms with Gasteiger partial charge in [0.2, 0.25) is 10.0 Å². The normalized spacial score (nSPS) is 13.3. The second kappa shape index (κ2) is 5.51. The third-order valence-electron chi connectivity index (χ3n) is 2.35. The van der Waals surface area contributed by atoms with E-state index in [9.17, 15) is 13.2 Å². The van der Waals surface area contributed by atoms with E-state index in [0.717, 1.165) is 0 Å². The molecule has 0 bridgehead atoms. The molecule has 0 saturated heterocycles. The fourth-order valence-corrected chi connectivity index (χ4v) is 2.16. The Bertz CT molecular complexity index is 533. The maximum Gasteiger partial charge on any atom is 0.268 e. The molecule has 7 nitrogen and oxygen atoms in total. The Morgan fingerprint density at radius 3 is 2.67 bits per heavy atom. The number of rotatable bonds is 5. The lowest BCUT2D eigenvalue weighted by atomic mass is 10.3. The number of aliphatic hydroxyl groups excluding tert-OH is 1. The van der Waals surface area contributed by atoms with E-state index in [0.29, 0.717) is 0 Å². The van der Waals surface area contributed by atoms with Gasteiger partial charge in [-0.15, -0.1) is 0 Å². The van der Waals surface area contributed by atoms with Gasteiger partial charge in [0.25, 0.3) is 5.91 Å². The topological polar surface area (TPSA) is 100 Å². The summed E-state index contributed by atoms with van der Waals surface area (Å²) in [5.41, 5.74) is 0.212. The number of sulfonamides is 1. The van der Waals surface area contributed by atoms with Crippen LogP contribution < -0.4 is 10.0 Å². The molecular formula is C10H17N3O4S. The number of nitrogens with one attached hydrogen (secondary N) is 2. The lowest BCUT2D eigenvalue weighted by Crippen LogP contribution is -2.31. The minimum absolute atomic E-state index is 0.0229. The first-order chi connectivity index (χ1) is 8.27. The van der Waals surface area contributed by atoms with E-state index in [1.807, 2.05) is 0 Å². The van der Waals surface area contributed by atoms with Crippen LogP contribution in [0.5, 0.6) is 0 Å². The lowest BCUT2D eigenvalue weighted by Gasteiger charge is -2.07. The van der Waals surface area contributed by atoms with Crippen LogP contribution in [0.2, 0.25) is 0 Å². The molecule has 0 fully saturated rings. The van der Waals surface area contributed by atoms with Crippen LogP contribution in [0.25, 0.3) is 0 Å². The highest BCUT2D eigenvalue weighted by Gasteiger charge is 2.19. The van der Waals surface area contributed by atoms with Gasteiger partial charge in [0.15, 0.2) is 0 Å². The molecule has 102 valence electrons. The van der Waals surface area contributed by atoms with Gasteiger partial charge in [-0.2, -0.15) is 0 Å². The SMILES string of the molecule is CNS(=O)(=O)c1cc(C(=O)NC[C@@H](C)O)n(C)c1. The number of aromatic nitrogens is 1. The first-order valence-corrected chi connectivity index (χ1v) is 6.82. The van der Waals surface area contributed by atoms with Gasteiger partial charge in [0.05, 0.1) is 6.10 Å². The third-order valence-corrected chi connectivity index (χ3v) is 3.73. The highest BCUT2D eigenvalue weighted by atomic mass is 32.2. The molecule has 1 heterocycles. The van der Waals surface area contributed by atoms with Crippen molar-refractivity contribution in [1.29, 1.82) is 0 Å². The van der Waals surface area contributed by atoms with Crippen molar-refractivity contribution in [2.45, 2.75) is 17.9 Å². The van der Waals surface area contributed by atoms with E-state index in [-0.39, 0.29) is 17.1 Å². The van der Waals surface area contributed by atoms with Gasteiger partial charge >= 0.3 is 0 Å². The molecular weight excluding hydrogens is 258 g/mol. The fourth-order valence-electron chi connectivity index (χ4n) is 1.36. The van der Waals surface area contributed by atoms with Crippen molar-refractivity contribution in [2.75, 3.05) is 13.6 Å². The van der Waals surface area contributed by atoms with Crippen LogP contribution in [0.1, 0.15) is 17.4 Å². The number of amides is 1. The average Bonchev–Trinajstić information content (AvgIpc) is 2.69. The summed E-state index contributed by atoms with van der Waals surface area (Å²) in [6, 6.07) is 1.28. The quantitative estimate of drug-likeness (QED) is 0.644. The molecule has 0 radical (unpaired) electrons. The van der Waals surface area contributed by atoms with Crippen LogP contribution >= 0.6 is 0 Å². The minimum Gasteiger partial charge on any atom is -0.392 e. The highest BCUT2D eigenvalue weighted by Crippen LogP contribution is 2.12. The maximum atomic E-state index is 11.7. The Hall–Kier alpha value is -1.38. The molecule has 8 heteroatoms. The summed E-state index contributed by atoms with van der Waals surface area (Å²) in [5, 5.41) is 11.6. The van der Waals surface area contributed by atoms with Crippen LogP contribution in [0.4, 0.5) is 0 Å². The summed E-state index contributed by atoms with van der Waals surface area (Å²) >= 11 is 0. The number of nitrogens with zero attached hydrogens (tertiary/aromatic N) is 1. The average molecular weight is 275 g/mol. The lowest BCUT2D eigenvalue weighted by molar-refractivity contribution is 0.0916. The van der Waals surface area contributed by atoms with E-state index in [1.54, 1.807) is 14.0 Å². The number of aliphatic hydroxyl groups is 1. The minimum atomic E-state index is -3.56. The second-order valence-corrected chi connectivity index (χ2v) is 5.83. The molecule has 0 aliphatic rings. The van der Waals surface area contributed by atoms with Gasteiger partial charge in [0, 0.05) is 19.8 Å². The zero-order chi connectivity index (χ0) is 13.9. The molecule has 3 N–H and O–H groups in total. The molecule has 0 aromatic carbocycles. The van der Waals surface area contributed by atoms with E-state index in [2.05, 4.69) is 10.0 Å². The maximum absolute atomic E-state index is 11.7. The zero-order valence-electron chi connectivity index (χ0n) is 10.5. The number of hydrogen-bond acceptors (Lipinski definition) is 4. The summed E-state index contributed by atoms with van der Waals surface area (Å²) < 4.78 is 26.7. The molecule has 0 unspecified atom stereocenters. The summed E-state index contributed by atoms with van der Waals surface area (Å²) in [6.45, 7) is 1.65. The van der Waals surface area contributed by atoms with E-state index in [4.69, 9.17) is 5.11 Å². The second-order valence-electron chi connectivity index (χ2n) is 3.94. The molecule has 1 atom stereocenters. The Kier molecular flexibility index (Phi) is 4.49. The number of aryl methyl sites for hydroxylation is 1. The summed E-state index contributed by atoms with van der Waals surface area (Å²) in [7, 11) is -0.688. The van der Waals surface area contributed by atoms with Crippen molar-refractivity contribution in [3.63, 3.8) is 0 Å². The number of carbonyl (C=O) groups is 1. The van der Waals surface area contributed by atoms with Crippen molar-refractivity contribution >= 4 is 15.9 Å². The van der Waals surface area contributed by atoms with Gasteiger partial charge in [-0.1, -0.05) is 0 Å². The largest absolute Gasteiger partial charge is 0.392 e. The van der Waals surface area contributed by atoms with E-state index >= 15 is 0 Å². The van der Waals surface area contributed by atoms with Gasteiger partial charge in [-0.05, 0) is 20.0 Å². The van der Waals surface area contributed by atoms with Crippen LogP contribution in [-0.2, 0) is 17.1 Å². The molecule has 0 aliphatic carbocycles. The molecule has 1 rings (SSSR count). The molecule has 1 aromatic heterocycles. The highest BCUT2D eigenvalue weighted by molar-refractivity contribution is 7.89. The summed E-state index contributed by atoms with van der Waals surface area (Å²) in [6.07, 6.45) is 0.693. The van der Waals surface area contributed by atoms with Crippen LogP contribution in [-0.4, -0.2) is 43.7 Å². The predicted octanol–water partition coefficient (Wildman–Crippen LogP) is -0.956. The van der Waals surface area contributed by atoms with Crippen molar-refractivity contribution in [2.24, 2.45) is 7.05 Å². The number of hydrogen-bond donors (Lipinski definition) is 3. The first kappa shape index (κ1) is 14.7. The fraction of sp³-hybridized carbons (Fsp3) is 0.500. The predicted molar refractivity (Wildman–Crippen MR) is 65.7 cm³/mol. The Labute approximate surface area is 106 Å². The van der Waals surface area contributed by atoms with Crippen LogP contribution in [0.15, 0.2) is 17.2 Å². The third kappa shape index (κ3) is 3.31. The van der Waals surface area contributed by atoms with Gasteiger partial charge in [0.1, 0.15) is 10.6 Å². The van der Waals surface area contributed by atoms with Crippen LogP contribution in [0, 0.1) is 0 Å². The molecule has 0 spiro atoms. The molecule has 18 heavy (non-hydrogen) atoms. The Morgan fingerprint density at radius 1 is 1.56 bits per heavy atom. The van der Waals surface area contributed by atoms with Crippen molar-refractivity contribution in [1.82, 2.24) is 14.6 Å². The monoisotopic (exact) mass is 275 g/mol. The Balaban J connectivity index is 2.95. The molecule has 0 saturated carbocycles. The molecule has 0 aliphatic heterocycles. The van der Waals surface area contributed by atoms with Gasteiger partial charge in [-0.25, -0.2) is 13.1 Å². The Morgan fingerprint density at radius 2 is 2.17 bits per heavy atom. The standard InChI is InChI=1S/C10H17N3O4S/c1-7(14)5-12-10(15)9-4-8(6-13(9)3)18(16,17)11-2/h4,6-7,11,14H,5H2,1-3H3,(H,12,15)/t7-/m1/s1. The summed E-state index contributed by atoms with van der Waals surface area (Å²) in [4.78, 5) is 11.8. The van der Waals surface area contributed by atoms with Crippen molar-refractivity contribution < 1.29 is 18.3 Å². The smallest absolute Gasteiger partial charge is 0.268 e. The number of carbonyl (C=O) groups excluding carboxylic acids is 1. The van der Waals surface area contributed by atoms with E-state index < -0.39 is 22.0 Å². The molecule has 1 amide bonds.